The second-order valence-electron chi connectivity index (χ2n) is 5.15. The van der Waals surface area contributed by atoms with Gasteiger partial charge in [-0.2, -0.15) is 0 Å². The molecule has 0 aromatic heterocycles. The minimum atomic E-state index is 0.208. The lowest BCUT2D eigenvalue weighted by Gasteiger charge is -2.12. The summed E-state index contributed by atoms with van der Waals surface area (Å²) < 4.78 is 6.84. The van der Waals surface area contributed by atoms with Crippen molar-refractivity contribution in [2.45, 2.75) is 18.9 Å². The van der Waals surface area contributed by atoms with Gasteiger partial charge >= 0.3 is 0 Å². The van der Waals surface area contributed by atoms with E-state index in [-0.39, 0.29) is 6.10 Å². The molecule has 1 unspecified atom stereocenters. The smallest absolute Gasteiger partial charge is 0.0765 e. The first-order valence-electron chi connectivity index (χ1n) is 7.08. The Kier molecular flexibility index (Phi) is 4.79. The quantitative estimate of drug-likeness (QED) is 0.678. The zero-order chi connectivity index (χ0) is 14.7. The molecule has 2 aromatic carbocycles. The molecule has 0 amide bonds. The third kappa shape index (κ3) is 3.76. The van der Waals surface area contributed by atoms with Crippen LogP contribution in [0, 0.1) is 0 Å². The first-order valence-corrected chi connectivity index (χ1v) is 8.25. The lowest BCUT2D eigenvalue weighted by molar-refractivity contribution is 0.146. The van der Waals surface area contributed by atoms with Gasteiger partial charge in [-0.05, 0) is 59.9 Å². The predicted octanol–water partition coefficient (Wildman–Crippen LogP) is 5.71. The second kappa shape index (κ2) is 6.78. The molecule has 108 valence electrons. The lowest BCUT2D eigenvalue weighted by atomic mass is 9.96. The molecule has 1 heterocycles. The Morgan fingerprint density at radius 1 is 1.05 bits per heavy atom. The molecule has 0 bridgehead atoms. The van der Waals surface area contributed by atoms with Crippen LogP contribution in [0.25, 0.3) is 5.57 Å². The van der Waals surface area contributed by atoms with Crippen LogP contribution in [0.3, 0.4) is 0 Å². The second-order valence-corrected chi connectivity index (χ2v) is 6.50. The van der Waals surface area contributed by atoms with E-state index in [1.807, 2.05) is 12.1 Å². The maximum atomic E-state index is 6.00. The van der Waals surface area contributed by atoms with Gasteiger partial charge in [-0.15, -0.1) is 0 Å². The molecule has 1 saturated heterocycles. The molecule has 1 fully saturated rings. The first-order chi connectivity index (χ1) is 10.2. The Hall–Kier alpha value is -1.09. The summed E-state index contributed by atoms with van der Waals surface area (Å²) in [5.74, 6) is 0. The summed E-state index contributed by atoms with van der Waals surface area (Å²) in [4.78, 5) is 0. The van der Waals surface area contributed by atoms with Gasteiger partial charge in [0.1, 0.15) is 0 Å². The van der Waals surface area contributed by atoms with Crippen molar-refractivity contribution in [3.8, 4) is 0 Å². The Labute approximate surface area is 138 Å². The van der Waals surface area contributed by atoms with Crippen molar-refractivity contribution < 1.29 is 4.74 Å². The van der Waals surface area contributed by atoms with E-state index in [1.165, 1.54) is 11.1 Å². The average molecular weight is 364 g/mol. The van der Waals surface area contributed by atoms with Crippen LogP contribution in [0.2, 0.25) is 5.02 Å². The Bertz CT molecular complexity index is 578. The largest absolute Gasteiger partial charge is 0.374 e. The van der Waals surface area contributed by atoms with E-state index in [1.54, 1.807) is 0 Å². The summed E-state index contributed by atoms with van der Waals surface area (Å²) in [7, 11) is 0. The van der Waals surface area contributed by atoms with Crippen molar-refractivity contribution in [1.29, 1.82) is 0 Å². The van der Waals surface area contributed by atoms with Gasteiger partial charge in [-0.3, -0.25) is 0 Å². The van der Waals surface area contributed by atoms with E-state index in [4.69, 9.17) is 16.3 Å². The molecule has 0 spiro atoms. The highest BCUT2D eigenvalue weighted by atomic mass is 79.9. The molecule has 0 N–H and O–H groups in total. The van der Waals surface area contributed by atoms with Gasteiger partial charge in [-0.1, -0.05) is 51.8 Å². The van der Waals surface area contributed by atoms with Crippen LogP contribution >= 0.6 is 27.5 Å². The van der Waals surface area contributed by atoms with E-state index in [0.29, 0.717) is 0 Å². The number of benzene rings is 2. The van der Waals surface area contributed by atoms with Gasteiger partial charge < -0.3 is 4.74 Å². The summed E-state index contributed by atoms with van der Waals surface area (Å²) >= 11 is 9.49. The summed E-state index contributed by atoms with van der Waals surface area (Å²) in [5.41, 5.74) is 3.55. The van der Waals surface area contributed by atoms with Gasteiger partial charge in [0.15, 0.2) is 0 Å². The van der Waals surface area contributed by atoms with E-state index in [9.17, 15) is 0 Å². The molecule has 3 rings (SSSR count). The predicted molar refractivity (Wildman–Crippen MR) is 91.6 cm³/mol. The topological polar surface area (TPSA) is 9.23 Å². The molecule has 1 aliphatic heterocycles. The number of rotatable bonds is 3. The summed E-state index contributed by atoms with van der Waals surface area (Å²) in [6.07, 6.45) is 4.67. The normalized spacial score (nSPS) is 19.0. The molecular weight excluding hydrogens is 348 g/mol. The zero-order valence-corrected chi connectivity index (χ0v) is 13.9. The number of hydrogen-bond donors (Lipinski definition) is 0. The third-order valence-electron chi connectivity index (χ3n) is 3.63. The van der Waals surface area contributed by atoms with E-state index in [2.05, 4.69) is 58.4 Å². The SMILES string of the molecule is Clc1ccc(/C(=C/C2CCCO2)c2ccc(Br)cc2)cc1. The molecular formula is C18H16BrClO. The standard InChI is InChI=1S/C18H16BrClO/c19-15-7-3-13(4-8-15)18(12-17-2-1-11-21-17)14-5-9-16(20)10-6-14/h3-10,12,17H,1-2,11H2/b18-12+. The van der Waals surface area contributed by atoms with Crippen molar-refractivity contribution in [3.63, 3.8) is 0 Å². The maximum Gasteiger partial charge on any atom is 0.0765 e. The highest BCUT2D eigenvalue weighted by molar-refractivity contribution is 9.10. The molecule has 21 heavy (non-hydrogen) atoms. The summed E-state index contributed by atoms with van der Waals surface area (Å²) in [6, 6.07) is 16.4. The zero-order valence-electron chi connectivity index (χ0n) is 11.6. The Balaban J connectivity index is 2.01. The fraction of sp³-hybridized carbons (Fsp3) is 0.222. The Morgan fingerprint density at radius 2 is 1.67 bits per heavy atom. The summed E-state index contributed by atoms with van der Waals surface area (Å²) in [6.45, 7) is 0.857. The molecule has 1 aliphatic rings. The summed E-state index contributed by atoms with van der Waals surface area (Å²) in [5, 5.41) is 0.756. The molecule has 1 nitrogen and oxygen atoms in total. The van der Waals surface area contributed by atoms with Crippen molar-refractivity contribution in [2.75, 3.05) is 6.61 Å². The maximum absolute atomic E-state index is 6.00. The minimum absolute atomic E-state index is 0.208. The van der Waals surface area contributed by atoms with Crippen molar-refractivity contribution >= 4 is 33.1 Å². The van der Waals surface area contributed by atoms with Crippen molar-refractivity contribution in [2.24, 2.45) is 0 Å². The van der Waals surface area contributed by atoms with Gasteiger partial charge in [0.2, 0.25) is 0 Å². The van der Waals surface area contributed by atoms with E-state index < -0.39 is 0 Å². The van der Waals surface area contributed by atoms with Gasteiger partial charge in [0.25, 0.3) is 0 Å². The van der Waals surface area contributed by atoms with Crippen molar-refractivity contribution in [1.82, 2.24) is 0 Å². The van der Waals surface area contributed by atoms with Crippen LogP contribution in [0.1, 0.15) is 24.0 Å². The number of ether oxygens (including phenoxy) is 1. The third-order valence-corrected chi connectivity index (χ3v) is 4.41. The van der Waals surface area contributed by atoms with Gasteiger partial charge in [0.05, 0.1) is 6.10 Å². The van der Waals surface area contributed by atoms with Crippen LogP contribution in [0.5, 0.6) is 0 Å². The molecule has 2 aromatic rings. The molecule has 0 saturated carbocycles. The van der Waals surface area contributed by atoms with Crippen LogP contribution < -0.4 is 0 Å². The lowest BCUT2D eigenvalue weighted by Crippen LogP contribution is -2.02. The van der Waals surface area contributed by atoms with E-state index >= 15 is 0 Å². The number of hydrogen-bond acceptors (Lipinski definition) is 1. The van der Waals surface area contributed by atoms with E-state index in [0.717, 1.165) is 34.5 Å². The Morgan fingerprint density at radius 3 is 2.24 bits per heavy atom. The number of halogens is 2. The highest BCUT2D eigenvalue weighted by Crippen LogP contribution is 2.28. The molecule has 3 heteroatoms. The molecule has 0 radical (unpaired) electrons. The fourth-order valence-corrected chi connectivity index (χ4v) is 2.93. The monoisotopic (exact) mass is 362 g/mol. The fourth-order valence-electron chi connectivity index (χ4n) is 2.54. The highest BCUT2D eigenvalue weighted by Gasteiger charge is 2.15. The molecule has 0 aliphatic carbocycles. The van der Waals surface area contributed by atoms with Gasteiger partial charge in [-0.25, -0.2) is 0 Å². The van der Waals surface area contributed by atoms with Crippen molar-refractivity contribution in [3.05, 3.63) is 75.2 Å². The minimum Gasteiger partial charge on any atom is -0.374 e. The van der Waals surface area contributed by atoms with Crippen LogP contribution in [0.4, 0.5) is 0 Å². The molecule has 1 atom stereocenters. The van der Waals surface area contributed by atoms with Gasteiger partial charge in [0, 0.05) is 16.1 Å². The average Bonchev–Trinajstić information content (AvgIpc) is 3.00. The van der Waals surface area contributed by atoms with Crippen LogP contribution in [-0.4, -0.2) is 12.7 Å². The van der Waals surface area contributed by atoms with Crippen LogP contribution in [0.15, 0.2) is 59.1 Å². The van der Waals surface area contributed by atoms with Crippen LogP contribution in [-0.2, 0) is 4.74 Å². The first kappa shape index (κ1) is 14.8.